The Balaban J connectivity index is 1.37. The van der Waals surface area contributed by atoms with Crippen molar-refractivity contribution >= 4 is 50.5 Å². The fourth-order valence-corrected chi connectivity index (χ4v) is 7.15. The van der Waals surface area contributed by atoms with Crippen molar-refractivity contribution in [3.8, 4) is 0 Å². The van der Waals surface area contributed by atoms with Crippen LogP contribution in [0.2, 0.25) is 0 Å². The van der Waals surface area contributed by atoms with E-state index in [2.05, 4.69) is 29.9 Å². The van der Waals surface area contributed by atoms with Crippen molar-refractivity contribution in [1.82, 2.24) is 24.8 Å². The Kier molecular flexibility index (Phi) is 10.1. The number of anilines is 1. The van der Waals surface area contributed by atoms with Gasteiger partial charge in [0.1, 0.15) is 32.2 Å². The van der Waals surface area contributed by atoms with Crippen molar-refractivity contribution < 1.29 is 56.7 Å². The molecule has 2 aliphatic rings. The molecular weight excluding hydrogens is 638 g/mol. The Morgan fingerprint density at radius 1 is 1.11 bits per heavy atom. The highest BCUT2D eigenvalue weighted by Gasteiger charge is 2.53. The second-order valence-electron chi connectivity index (χ2n) is 9.74. The number of aromatic nitrogens is 4. The summed E-state index contributed by atoms with van der Waals surface area (Å²) in [5.74, 6) is -1.33. The summed E-state index contributed by atoms with van der Waals surface area (Å²) in [6, 6.07) is 8.81. The summed E-state index contributed by atoms with van der Waals surface area (Å²) in [7, 11) is -10.6. The van der Waals surface area contributed by atoms with E-state index in [1.54, 1.807) is 19.1 Å². The van der Waals surface area contributed by atoms with Crippen LogP contribution in [0.1, 0.15) is 25.1 Å². The normalized spacial score (nSPS) is 25.5. The third-order valence-corrected chi connectivity index (χ3v) is 9.57. The third kappa shape index (κ3) is 8.18. The van der Waals surface area contributed by atoms with E-state index in [0.29, 0.717) is 6.54 Å². The number of carboxylic acid groups (broad SMARTS) is 1. The van der Waals surface area contributed by atoms with Gasteiger partial charge in [-0.25, -0.2) is 19.7 Å². The molecule has 18 nitrogen and oxygen atoms in total. The first-order chi connectivity index (χ1) is 21.4. The Labute approximate surface area is 255 Å². The number of phosphoric acid groups is 1. The molecule has 0 spiro atoms. The van der Waals surface area contributed by atoms with Crippen LogP contribution >= 0.6 is 15.4 Å². The molecule has 20 heteroatoms. The molecule has 2 aliphatic heterocycles. The first-order valence-corrected chi connectivity index (χ1v) is 16.7. The summed E-state index contributed by atoms with van der Waals surface area (Å²) in [5, 5.41) is 13.9. The number of benzene rings is 1. The smallest absolute Gasteiger partial charge is 0.320 e. The molecule has 3 aromatic rings. The minimum absolute atomic E-state index is 0.126. The van der Waals surface area contributed by atoms with Gasteiger partial charge in [0.05, 0.1) is 19.4 Å². The largest absolute Gasteiger partial charge is 0.778 e. The molecule has 45 heavy (non-hydrogen) atoms. The maximum atomic E-state index is 12.4. The summed E-state index contributed by atoms with van der Waals surface area (Å²) in [6.45, 7) is 1.39. The van der Waals surface area contributed by atoms with Gasteiger partial charge in [-0.05, 0) is 18.6 Å². The zero-order valence-electron chi connectivity index (χ0n) is 23.5. The monoisotopic (exact) mass is 666 g/mol. The Hall–Kier alpha value is -3.57. The Bertz CT molecular complexity index is 1660. The first-order valence-electron chi connectivity index (χ1n) is 13.6. The number of phosphoric ester groups is 1. The maximum absolute atomic E-state index is 12.4. The molecule has 0 bridgehead atoms. The zero-order chi connectivity index (χ0) is 32.2. The summed E-state index contributed by atoms with van der Waals surface area (Å²) in [5.41, 5.74) is 1.35. The highest BCUT2D eigenvalue weighted by molar-refractivity contribution is 7.62. The van der Waals surface area contributed by atoms with Gasteiger partial charge in [0, 0.05) is 12.7 Å². The minimum Gasteiger partial charge on any atom is -0.778 e. The summed E-state index contributed by atoms with van der Waals surface area (Å²) in [6.07, 6.45) is -0.678. The van der Waals surface area contributed by atoms with Gasteiger partial charge in [-0.15, -0.1) is 0 Å². The lowest BCUT2D eigenvalue weighted by Gasteiger charge is -2.31. The molecule has 0 aliphatic carbocycles. The lowest BCUT2D eigenvalue weighted by Crippen LogP contribution is -2.32. The number of rotatable bonds is 13. The first kappa shape index (κ1) is 32.8. The quantitative estimate of drug-likeness (QED) is 0.217. The van der Waals surface area contributed by atoms with Gasteiger partial charge in [-0.1, -0.05) is 36.4 Å². The average molecular weight is 666 g/mol. The Morgan fingerprint density at radius 2 is 1.87 bits per heavy atom. The molecule has 0 saturated carbocycles. The van der Waals surface area contributed by atoms with Crippen LogP contribution in [0.25, 0.3) is 17.2 Å². The van der Waals surface area contributed by atoms with Crippen LogP contribution in [0.3, 0.4) is 0 Å². The number of ether oxygens (including phenoxy) is 3. The summed E-state index contributed by atoms with van der Waals surface area (Å²) in [4.78, 5) is 59.8. The second-order valence-corrected chi connectivity index (χ2v) is 13.2. The van der Waals surface area contributed by atoms with E-state index in [1.807, 2.05) is 30.3 Å². The van der Waals surface area contributed by atoms with E-state index in [1.165, 1.54) is 17.2 Å². The SMILES string of the molecule is CCNC(=O)Nc1ncnc2c1ncn2[C@@H]1O[C@H](COP(=O)([O-])OP(=O)([O-])CCC(=O)O)C2O[C@H](/C=C/c3ccccc3)O[C@@H]21. The van der Waals surface area contributed by atoms with Gasteiger partial charge < -0.3 is 43.5 Å². The standard InChI is InChI=1S/C25H30N6O12P2/c1-2-26-25(34)30-22-19-23(28-13-27-22)31(14-29-19)24-21-20(41-18(42-21)9-8-15-6-4-3-5-7-15)16(40-24)12-39-45(37,38)43-44(35,36)11-10-17(32)33/h3-9,13-14,16,18,20-21,24H,2,10-12H2,1H3,(H,32,33)(H,35,36)(H,37,38)(H2,26,27,28,30,34)/p-2/b9-8+/t16-,18+,20?,21+,24-/m1/s1. The number of nitrogens with zero attached hydrogens (tertiary/aromatic N) is 4. The van der Waals surface area contributed by atoms with E-state index in [-0.39, 0.29) is 17.0 Å². The van der Waals surface area contributed by atoms with Crippen molar-refractivity contribution in [2.75, 3.05) is 24.6 Å². The number of amides is 2. The number of carbonyl (C=O) groups is 2. The number of fused-ring (bicyclic) bond motifs is 2. The van der Waals surface area contributed by atoms with Gasteiger partial charge in [0.25, 0.3) is 7.82 Å². The zero-order valence-corrected chi connectivity index (χ0v) is 25.3. The van der Waals surface area contributed by atoms with Gasteiger partial charge in [0.15, 0.2) is 29.5 Å². The topological polar surface area (TPSA) is 248 Å². The number of nitrogens with one attached hydrogen (secondary N) is 2. The average Bonchev–Trinajstić information content (AvgIpc) is 3.68. The number of carboxylic acids is 1. The maximum Gasteiger partial charge on any atom is 0.320 e. The number of hydrogen-bond donors (Lipinski definition) is 3. The third-order valence-electron chi connectivity index (χ3n) is 6.54. The molecule has 4 heterocycles. The number of aliphatic carboxylic acids is 1. The number of carbonyl (C=O) groups excluding carboxylic acids is 1. The van der Waals surface area contributed by atoms with Crippen LogP contribution < -0.4 is 20.4 Å². The second kappa shape index (κ2) is 13.8. The minimum atomic E-state index is -5.47. The molecule has 2 amide bonds. The van der Waals surface area contributed by atoms with Crippen LogP contribution in [0.15, 0.2) is 49.1 Å². The highest BCUT2D eigenvalue weighted by atomic mass is 31.3. The molecule has 2 aromatic heterocycles. The van der Waals surface area contributed by atoms with Crippen LogP contribution in [0, 0.1) is 0 Å². The molecule has 2 fully saturated rings. The lowest BCUT2D eigenvalue weighted by atomic mass is 10.1. The molecule has 242 valence electrons. The van der Waals surface area contributed by atoms with Crippen molar-refractivity contribution in [2.24, 2.45) is 0 Å². The van der Waals surface area contributed by atoms with Crippen LogP contribution in [-0.4, -0.2) is 80.5 Å². The van der Waals surface area contributed by atoms with Crippen molar-refractivity contribution in [3.05, 3.63) is 54.6 Å². The van der Waals surface area contributed by atoms with Gasteiger partial charge >= 0.3 is 12.0 Å². The van der Waals surface area contributed by atoms with E-state index in [0.717, 1.165) is 5.56 Å². The highest BCUT2D eigenvalue weighted by Crippen LogP contribution is 2.55. The predicted octanol–water partition coefficient (Wildman–Crippen LogP) is 1.22. The Morgan fingerprint density at radius 3 is 2.60 bits per heavy atom. The number of imidazole rings is 1. The summed E-state index contributed by atoms with van der Waals surface area (Å²) < 4.78 is 53.1. The van der Waals surface area contributed by atoms with Crippen LogP contribution in [-0.2, 0) is 37.0 Å². The fourth-order valence-electron chi connectivity index (χ4n) is 4.62. The molecule has 0 radical (unpaired) electrons. The lowest BCUT2D eigenvalue weighted by molar-refractivity contribution is -0.234. The van der Waals surface area contributed by atoms with E-state index in [9.17, 15) is 28.5 Å². The molecule has 3 N–H and O–H groups in total. The van der Waals surface area contributed by atoms with Crippen molar-refractivity contribution in [3.63, 3.8) is 0 Å². The molecule has 1 aromatic carbocycles. The van der Waals surface area contributed by atoms with Crippen molar-refractivity contribution in [1.29, 1.82) is 0 Å². The predicted molar refractivity (Wildman–Crippen MR) is 150 cm³/mol. The van der Waals surface area contributed by atoms with Crippen molar-refractivity contribution in [2.45, 2.75) is 44.2 Å². The molecular formula is C25H28N6O12P2-2. The molecule has 2 saturated heterocycles. The number of urea groups is 1. The van der Waals surface area contributed by atoms with E-state index >= 15 is 0 Å². The summed E-state index contributed by atoms with van der Waals surface area (Å²) >= 11 is 0. The molecule has 7 atom stereocenters. The van der Waals surface area contributed by atoms with Gasteiger partial charge in [-0.3, -0.25) is 23.6 Å². The van der Waals surface area contributed by atoms with E-state index in [4.69, 9.17) is 23.8 Å². The number of hydrogen-bond acceptors (Lipinski definition) is 14. The van der Waals surface area contributed by atoms with Gasteiger partial charge in [0.2, 0.25) is 0 Å². The van der Waals surface area contributed by atoms with Crippen LogP contribution in [0.4, 0.5) is 10.6 Å². The van der Waals surface area contributed by atoms with Crippen LogP contribution in [0.5, 0.6) is 0 Å². The molecule has 3 unspecified atom stereocenters. The van der Waals surface area contributed by atoms with E-state index < -0.39 is 77.4 Å². The molecule has 5 rings (SSSR count). The fraction of sp³-hybridized carbons (Fsp3) is 0.400. The van der Waals surface area contributed by atoms with Gasteiger partial charge in [-0.2, -0.15) is 0 Å².